The van der Waals surface area contributed by atoms with Gasteiger partial charge in [-0.2, -0.15) is 0 Å². The molecule has 0 spiro atoms. The molecule has 0 aliphatic carbocycles. The van der Waals surface area contributed by atoms with E-state index in [4.69, 9.17) is 14.9 Å². The molecule has 0 bridgehead atoms. The smallest absolute Gasteiger partial charge is 0.168 e. The maximum atomic E-state index is 5.83. The number of benzene rings is 1. The highest BCUT2D eigenvalue weighted by atomic mass is 79.9. The van der Waals surface area contributed by atoms with Crippen molar-refractivity contribution in [2.75, 3.05) is 6.54 Å². The van der Waals surface area contributed by atoms with Gasteiger partial charge in [0.1, 0.15) is 17.3 Å². The molecule has 90 valence electrons. The predicted octanol–water partition coefficient (Wildman–Crippen LogP) is 3.43. The fraction of sp³-hybridized carbons (Fsp3) is 0.231. The van der Waals surface area contributed by atoms with Crippen molar-refractivity contribution in [3.05, 3.63) is 52.4 Å². The molecule has 0 fully saturated rings. The Bertz CT molecular complexity index is 496. The summed E-state index contributed by atoms with van der Waals surface area (Å²) < 4.78 is 12.3. The van der Waals surface area contributed by atoms with Crippen LogP contribution in [0, 0.1) is 6.92 Å². The fourth-order valence-corrected chi connectivity index (χ4v) is 1.92. The Balaban J connectivity index is 2.18. The Morgan fingerprint density at radius 3 is 2.65 bits per heavy atom. The molecule has 0 aliphatic rings. The maximum Gasteiger partial charge on any atom is 0.168 e. The van der Waals surface area contributed by atoms with E-state index >= 15 is 0 Å². The average molecular weight is 296 g/mol. The van der Waals surface area contributed by atoms with Gasteiger partial charge < -0.3 is 14.9 Å². The molecule has 2 aromatic rings. The molecular weight excluding hydrogens is 282 g/mol. The summed E-state index contributed by atoms with van der Waals surface area (Å²) in [6.45, 7) is 2.27. The zero-order valence-electron chi connectivity index (χ0n) is 9.52. The van der Waals surface area contributed by atoms with E-state index in [1.807, 2.05) is 43.3 Å². The highest BCUT2D eigenvalue weighted by Crippen LogP contribution is 2.29. The Hall–Kier alpha value is -1.26. The minimum Gasteiger partial charge on any atom is -0.480 e. The average Bonchev–Trinajstić information content (AvgIpc) is 2.75. The standard InChI is InChI=1S/C13H14BrNO2/c1-9-6-7-12(16-9)13(8-15)17-11-5-3-2-4-10(11)14/h2-7,13H,8,15H2,1H3. The van der Waals surface area contributed by atoms with Crippen LogP contribution >= 0.6 is 15.9 Å². The first-order valence-electron chi connectivity index (χ1n) is 5.38. The van der Waals surface area contributed by atoms with Gasteiger partial charge in [-0.25, -0.2) is 0 Å². The van der Waals surface area contributed by atoms with Gasteiger partial charge in [0.25, 0.3) is 0 Å². The van der Waals surface area contributed by atoms with Crippen molar-refractivity contribution in [1.82, 2.24) is 0 Å². The molecule has 3 nitrogen and oxygen atoms in total. The van der Waals surface area contributed by atoms with Crippen LogP contribution in [0.15, 0.2) is 45.3 Å². The van der Waals surface area contributed by atoms with E-state index in [1.165, 1.54) is 0 Å². The second-order valence-electron chi connectivity index (χ2n) is 3.72. The molecule has 1 atom stereocenters. The summed E-state index contributed by atoms with van der Waals surface area (Å²) in [6, 6.07) is 11.5. The molecule has 1 heterocycles. The van der Waals surface area contributed by atoms with Crippen molar-refractivity contribution >= 4 is 15.9 Å². The number of para-hydroxylation sites is 1. The summed E-state index contributed by atoms with van der Waals surface area (Å²) >= 11 is 3.44. The minimum absolute atomic E-state index is 0.262. The third-order valence-corrected chi connectivity index (χ3v) is 3.05. The number of hydrogen-bond donors (Lipinski definition) is 1. The lowest BCUT2D eigenvalue weighted by Gasteiger charge is -2.16. The first-order chi connectivity index (χ1) is 8.20. The van der Waals surface area contributed by atoms with Crippen LogP contribution in [0.3, 0.4) is 0 Å². The first-order valence-corrected chi connectivity index (χ1v) is 6.17. The third-order valence-electron chi connectivity index (χ3n) is 2.40. The molecule has 0 radical (unpaired) electrons. The lowest BCUT2D eigenvalue weighted by atomic mass is 10.2. The second-order valence-corrected chi connectivity index (χ2v) is 4.58. The van der Waals surface area contributed by atoms with E-state index in [9.17, 15) is 0 Å². The van der Waals surface area contributed by atoms with Crippen LogP contribution in [0.25, 0.3) is 0 Å². The van der Waals surface area contributed by atoms with Gasteiger partial charge in [0.15, 0.2) is 6.10 Å². The zero-order valence-corrected chi connectivity index (χ0v) is 11.1. The summed E-state index contributed by atoms with van der Waals surface area (Å²) in [4.78, 5) is 0. The topological polar surface area (TPSA) is 48.4 Å². The van der Waals surface area contributed by atoms with Crippen LogP contribution in [0.1, 0.15) is 17.6 Å². The molecule has 1 aromatic carbocycles. The summed E-state index contributed by atoms with van der Waals surface area (Å²) in [5, 5.41) is 0. The van der Waals surface area contributed by atoms with E-state index in [2.05, 4.69) is 15.9 Å². The van der Waals surface area contributed by atoms with E-state index in [0.29, 0.717) is 6.54 Å². The first kappa shape index (κ1) is 12.2. The molecule has 0 amide bonds. The van der Waals surface area contributed by atoms with Crippen molar-refractivity contribution in [2.24, 2.45) is 5.73 Å². The van der Waals surface area contributed by atoms with Crippen LogP contribution < -0.4 is 10.5 Å². The van der Waals surface area contributed by atoms with Crippen LogP contribution in [0.2, 0.25) is 0 Å². The summed E-state index contributed by atoms with van der Waals surface area (Å²) in [6.07, 6.45) is -0.262. The quantitative estimate of drug-likeness (QED) is 0.940. The van der Waals surface area contributed by atoms with E-state index in [1.54, 1.807) is 0 Å². The molecule has 1 aromatic heterocycles. The molecule has 0 saturated carbocycles. The molecule has 0 aliphatic heterocycles. The van der Waals surface area contributed by atoms with Crippen molar-refractivity contribution < 1.29 is 9.15 Å². The third kappa shape index (κ3) is 2.90. The van der Waals surface area contributed by atoms with Crippen LogP contribution in [0.5, 0.6) is 5.75 Å². The van der Waals surface area contributed by atoms with Crippen LogP contribution in [-0.4, -0.2) is 6.54 Å². The number of aryl methyl sites for hydroxylation is 1. The van der Waals surface area contributed by atoms with Gasteiger partial charge in [-0.15, -0.1) is 0 Å². The van der Waals surface area contributed by atoms with E-state index in [0.717, 1.165) is 21.7 Å². The van der Waals surface area contributed by atoms with Gasteiger partial charge in [-0.1, -0.05) is 12.1 Å². The highest BCUT2D eigenvalue weighted by molar-refractivity contribution is 9.10. The van der Waals surface area contributed by atoms with Gasteiger partial charge in [-0.05, 0) is 47.1 Å². The number of ether oxygens (including phenoxy) is 1. The Kier molecular flexibility index (Phi) is 3.86. The molecule has 17 heavy (non-hydrogen) atoms. The van der Waals surface area contributed by atoms with Gasteiger partial charge in [-0.3, -0.25) is 0 Å². The van der Waals surface area contributed by atoms with Crippen molar-refractivity contribution in [1.29, 1.82) is 0 Å². The number of halogens is 1. The number of furan rings is 1. The zero-order chi connectivity index (χ0) is 12.3. The Labute approximate surface area is 109 Å². The molecule has 2 N–H and O–H groups in total. The maximum absolute atomic E-state index is 5.83. The lowest BCUT2D eigenvalue weighted by molar-refractivity contribution is 0.181. The van der Waals surface area contributed by atoms with E-state index < -0.39 is 0 Å². The minimum atomic E-state index is -0.262. The highest BCUT2D eigenvalue weighted by Gasteiger charge is 2.16. The SMILES string of the molecule is Cc1ccc(C(CN)Oc2ccccc2Br)o1. The van der Waals surface area contributed by atoms with Gasteiger partial charge in [0.2, 0.25) is 0 Å². The molecular formula is C13H14BrNO2. The summed E-state index contributed by atoms with van der Waals surface area (Å²) in [5.74, 6) is 2.37. The normalized spacial score (nSPS) is 12.4. The molecule has 1 unspecified atom stereocenters. The Morgan fingerprint density at radius 2 is 2.06 bits per heavy atom. The van der Waals surface area contributed by atoms with Crippen molar-refractivity contribution in [3.8, 4) is 5.75 Å². The lowest BCUT2D eigenvalue weighted by Crippen LogP contribution is -2.18. The van der Waals surface area contributed by atoms with Gasteiger partial charge in [0, 0.05) is 6.54 Å². The second kappa shape index (κ2) is 5.38. The fourth-order valence-electron chi connectivity index (χ4n) is 1.54. The summed E-state index contributed by atoms with van der Waals surface area (Å²) in [5.41, 5.74) is 5.71. The number of nitrogens with two attached hydrogens (primary N) is 1. The molecule has 2 rings (SSSR count). The number of rotatable bonds is 4. The monoisotopic (exact) mass is 295 g/mol. The van der Waals surface area contributed by atoms with E-state index in [-0.39, 0.29) is 6.10 Å². The molecule has 0 saturated heterocycles. The van der Waals surface area contributed by atoms with Crippen molar-refractivity contribution in [2.45, 2.75) is 13.0 Å². The molecule has 4 heteroatoms. The van der Waals surface area contributed by atoms with Gasteiger partial charge in [0.05, 0.1) is 4.47 Å². The Morgan fingerprint density at radius 1 is 1.29 bits per heavy atom. The van der Waals surface area contributed by atoms with Crippen LogP contribution in [0.4, 0.5) is 0 Å². The predicted molar refractivity (Wildman–Crippen MR) is 70.0 cm³/mol. The van der Waals surface area contributed by atoms with Crippen LogP contribution in [-0.2, 0) is 0 Å². The largest absolute Gasteiger partial charge is 0.480 e. The summed E-state index contributed by atoms with van der Waals surface area (Å²) in [7, 11) is 0. The van der Waals surface area contributed by atoms with Crippen molar-refractivity contribution in [3.63, 3.8) is 0 Å². The van der Waals surface area contributed by atoms with Gasteiger partial charge >= 0.3 is 0 Å². The number of hydrogen-bond acceptors (Lipinski definition) is 3.